The van der Waals surface area contributed by atoms with E-state index in [1.54, 1.807) is 0 Å². The summed E-state index contributed by atoms with van der Waals surface area (Å²) in [5, 5.41) is 8.50. The molecule has 58 valence electrons. The maximum Gasteiger partial charge on any atom is 0.0991 e. The van der Waals surface area contributed by atoms with Crippen molar-refractivity contribution in [3.05, 3.63) is 34.9 Å². The molecule has 0 radical (unpaired) electrons. The summed E-state index contributed by atoms with van der Waals surface area (Å²) in [7, 11) is 0. The molecule has 0 aliphatic carbocycles. The highest BCUT2D eigenvalue weighted by Crippen LogP contribution is 2.07. The fourth-order valence-electron chi connectivity index (χ4n) is 0.811. The smallest absolute Gasteiger partial charge is 0.0991 e. The Morgan fingerprint density at radius 1 is 1.18 bits per heavy atom. The highest BCUT2D eigenvalue weighted by molar-refractivity contribution is 5.36. The lowest BCUT2D eigenvalue weighted by molar-refractivity contribution is 1.32. The summed E-state index contributed by atoms with van der Waals surface area (Å²) < 4.78 is 0. The molecule has 1 aromatic rings. The standard InChI is InChI=1S/C9H9N.CH4/c1-7-3-4-9(6-10)5-8(7)2;/h3-5H,1-2H3;1H4. The van der Waals surface area contributed by atoms with Gasteiger partial charge in [0.25, 0.3) is 0 Å². The van der Waals surface area contributed by atoms with Gasteiger partial charge in [-0.2, -0.15) is 5.26 Å². The SMILES string of the molecule is C.Cc1ccc(C#N)cc1C. The summed E-state index contributed by atoms with van der Waals surface area (Å²) in [4.78, 5) is 0. The van der Waals surface area contributed by atoms with Crippen LogP contribution < -0.4 is 0 Å². The minimum absolute atomic E-state index is 0. The molecular formula is C10H13N. The van der Waals surface area contributed by atoms with Gasteiger partial charge in [-0.05, 0) is 37.1 Å². The lowest BCUT2D eigenvalue weighted by Gasteiger charge is -1.96. The van der Waals surface area contributed by atoms with Crippen LogP contribution in [0.15, 0.2) is 18.2 Å². The highest BCUT2D eigenvalue weighted by Gasteiger charge is 1.92. The van der Waals surface area contributed by atoms with Crippen molar-refractivity contribution in [1.29, 1.82) is 5.26 Å². The van der Waals surface area contributed by atoms with Crippen LogP contribution in [0.5, 0.6) is 0 Å². The van der Waals surface area contributed by atoms with Crippen LogP contribution in [-0.2, 0) is 0 Å². The molecule has 1 aromatic carbocycles. The maximum atomic E-state index is 8.50. The molecule has 11 heavy (non-hydrogen) atoms. The van der Waals surface area contributed by atoms with Gasteiger partial charge in [0.15, 0.2) is 0 Å². The number of benzene rings is 1. The molecule has 0 aromatic heterocycles. The Balaban J connectivity index is 0.000001000. The van der Waals surface area contributed by atoms with Gasteiger partial charge in [0.2, 0.25) is 0 Å². The highest BCUT2D eigenvalue weighted by atomic mass is 14.2. The van der Waals surface area contributed by atoms with Crippen LogP contribution in [0.2, 0.25) is 0 Å². The first-order valence-corrected chi connectivity index (χ1v) is 3.21. The molecule has 0 spiro atoms. The van der Waals surface area contributed by atoms with Crippen molar-refractivity contribution in [3.8, 4) is 6.07 Å². The predicted octanol–water partition coefficient (Wildman–Crippen LogP) is 2.81. The van der Waals surface area contributed by atoms with Gasteiger partial charge < -0.3 is 0 Å². The van der Waals surface area contributed by atoms with E-state index in [4.69, 9.17) is 5.26 Å². The van der Waals surface area contributed by atoms with Gasteiger partial charge in [-0.3, -0.25) is 0 Å². The quantitative estimate of drug-likeness (QED) is 0.553. The lowest BCUT2D eigenvalue weighted by atomic mass is 10.1. The number of rotatable bonds is 0. The van der Waals surface area contributed by atoms with Crippen LogP contribution in [0.3, 0.4) is 0 Å². The zero-order valence-electron chi connectivity index (χ0n) is 6.18. The third kappa shape index (κ3) is 2.09. The molecule has 0 heterocycles. The van der Waals surface area contributed by atoms with Gasteiger partial charge in [0.1, 0.15) is 0 Å². The number of nitriles is 1. The minimum Gasteiger partial charge on any atom is -0.192 e. The van der Waals surface area contributed by atoms with Crippen LogP contribution in [0.1, 0.15) is 24.1 Å². The summed E-state index contributed by atoms with van der Waals surface area (Å²) in [5.74, 6) is 0. The van der Waals surface area contributed by atoms with Gasteiger partial charge in [0, 0.05) is 0 Å². The molecule has 0 saturated carbocycles. The van der Waals surface area contributed by atoms with E-state index in [0.29, 0.717) is 0 Å². The number of nitrogens with zero attached hydrogens (tertiary/aromatic N) is 1. The Morgan fingerprint density at radius 2 is 1.82 bits per heavy atom. The van der Waals surface area contributed by atoms with E-state index in [2.05, 4.69) is 6.07 Å². The van der Waals surface area contributed by atoms with Crippen molar-refractivity contribution in [3.63, 3.8) is 0 Å². The van der Waals surface area contributed by atoms with Crippen LogP contribution in [-0.4, -0.2) is 0 Å². The average molecular weight is 147 g/mol. The van der Waals surface area contributed by atoms with Gasteiger partial charge in [-0.15, -0.1) is 0 Å². The third-order valence-corrected chi connectivity index (χ3v) is 1.64. The molecule has 0 unspecified atom stereocenters. The topological polar surface area (TPSA) is 23.8 Å². The molecule has 0 amide bonds. The van der Waals surface area contributed by atoms with Gasteiger partial charge >= 0.3 is 0 Å². The zero-order valence-corrected chi connectivity index (χ0v) is 6.18. The molecule has 1 nitrogen and oxygen atoms in total. The monoisotopic (exact) mass is 147 g/mol. The predicted molar refractivity (Wildman–Crippen MR) is 47.4 cm³/mol. The van der Waals surface area contributed by atoms with Crippen molar-refractivity contribution in [2.75, 3.05) is 0 Å². The largest absolute Gasteiger partial charge is 0.192 e. The summed E-state index contributed by atoms with van der Waals surface area (Å²) in [6.45, 7) is 4.05. The summed E-state index contributed by atoms with van der Waals surface area (Å²) >= 11 is 0. The van der Waals surface area contributed by atoms with E-state index in [1.165, 1.54) is 11.1 Å². The zero-order chi connectivity index (χ0) is 7.56. The molecule has 0 atom stereocenters. The van der Waals surface area contributed by atoms with Gasteiger partial charge in [-0.1, -0.05) is 13.5 Å². The number of aryl methyl sites for hydroxylation is 2. The Hall–Kier alpha value is -1.29. The Labute approximate surface area is 68.3 Å². The van der Waals surface area contributed by atoms with Crippen LogP contribution in [0.4, 0.5) is 0 Å². The number of hydrogen-bond donors (Lipinski definition) is 0. The molecule has 0 fully saturated rings. The number of hydrogen-bond acceptors (Lipinski definition) is 1. The molecule has 0 N–H and O–H groups in total. The first kappa shape index (κ1) is 9.71. The second kappa shape index (κ2) is 3.78. The van der Waals surface area contributed by atoms with Crippen molar-refractivity contribution < 1.29 is 0 Å². The first-order chi connectivity index (χ1) is 4.74. The Kier molecular flexibility index (Phi) is 3.33. The fraction of sp³-hybridized carbons (Fsp3) is 0.300. The average Bonchev–Trinajstić information content (AvgIpc) is 1.95. The van der Waals surface area contributed by atoms with E-state index < -0.39 is 0 Å². The molecular weight excluding hydrogens is 134 g/mol. The second-order valence-electron chi connectivity index (χ2n) is 2.41. The first-order valence-electron chi connectivity index (χ1n) is 3.21. The van der Waals surface area contributed by atoms with E-state index in [-0.39, 0.29) is 7.43 Å². The summed E-state index contributed by atoms with van der Waals surface area (Å²) in [6.07, 6.45) is 0. The Morgan fingerprint density at radius 3 is 2.27 bits per heavy atom. The van der Waals surface area contributed by atoms with Crippen LogP contribution >= 0.6 is 0 Å². The third-order valence-electron chi connectivity index (χ3n) is 1.64. The van der Waals surface area contributed by atoms with E-state index in [9.17, 15) is 0 Å². The molecule has 0 bridgehead atoms. The molecule has 0 saturated heterocycles. The van der Waals surface area contributed by atoms with E-state index in [1.807, 2.05) is 32.0 Å². The molecule has 1 rings (SSSR count). The van der Waals surface area contributed by atoms with Crippen LogP contribution in [0, 0.1) is 25.2 Å². The van der Waals surface area contributed by atoms with Crippen molar-refractivity contribution in [2.45, 2.75) is 21.3 Å². The van der Waals surface area contributed by atoms with Crippen molar-refractivity contribution >= 4 is 0 Å². The minimum atomic E-state index is 0. The molecule has 1 heteroatoms. The lowest BCUT2D eigenvalue weighted by Crippen LogP contribution is -1.81. The maximum absolute atomic E-state index is 8.50. The Bertz CT molecular complexity index is 281. The van der Waals surface area contributed by atoms with Gasteiger partial charge in [0.05, 0.1) is 11.6 Å². The normalized spacial score (nSPS) is 8.09. The van der Waals surface area contributed by atoms with Gasteiger partial charge in [-0.25, -0.2) is 0 Å². The van der Waals surface area contributed by atoms with Crippen LogP contribution in [0.25, 0.3) is 0 Å². The van der Waals surface area contributed by atoms with Crippen molar-refractivity contribution in [1.82, 2.24) is 0 Å². The van der Waals surface area contributed by atoms with Crippen molar-refractivity contribution in [2.24, 2.45) is 0 Å². The fourth-order valence-corrected chi connectivity index (χ4v) is 0.811. The molecule has 0 aliphatic heterocycles. The van der Waals surface area contributed by atoms with E-state index in [0.717, 1.165) is 5.56 Å². The molecule has 0 aliphatic rings. The summed E-state index contributed by atoms with van der Waals surface area (Å²) in [5.41, 5.74) is 3.15. The van der Waals surface area contributed by atoms with E-state index >= 15 is 0 Å². The second-order valence-corrected chi connectivity index (χ2v) is 2.41. The summed E-state index contributed by atoms with van der Waals surface area (Å²) in [6, 6.07) is 7.79.